The standard InChI is InChI=1S/C15H16O2S/c1-15(16,13-8-4-5-9-17-13)14-10-11-6-2-3-7-12(11)18-14/h2-3,6-8,10,16H,4-5,9H2,1H3. The van der Waals surface area contributed by atoms with Crippen LogP contribution in [0.4, 0.5) is 0 Å². The number of fused-ring (bicyclic) bond motifs is 1. The largest absolute Gasteiger partial charge is 0.495 e. The van der Waals surface area contributed by atoms with Crippen LogP contribution < -0.4 is 0 Å². The molecule has 0 saturated heterocycles. The molecule has 3 rings (SSSR count). The molecule has 1 aromatic heterocycles. The number of thiophene rings is 1. The van der Waals surface area contributed by atoms with Crippen LogP contribution in [-0.2, 0) is 10.3 Å². The summed E-state index contributed by atoms with van der Waals surface area (Å²) in [6.45, 7) is 2.52. The summed E-state index contributed by atoms with van der Waals surface area (Å²) in [4.78, 5) is 0.942. The lowest BCUT2D eigenvalue weighted by molar-refractivity contribution is 0.0177. The first kappa shape index (κ1) is 11.8. The molecule has 94 valence electrons. The Kier molecular flexibility index (Phi) is 2.88. The van der Waals surface area contributed by atoms with Crippen LogP contribution in [-0.4, -0.2) is 11.7 Å². The van der Waals surface area contributed by atoms with E-state index in [1.165, 1.54) is 10.1 Å². The van der Waals surface area contributed by atoms with Gasteiger partial charge in [-0.2, -0.15) is 0 Å². The van der Waals surface area contributed by atoms with Crippen LogP contribution in [0.5, 0.6) is 0 Å². The van der Waals surface area contributed by atoms with Crippen molar-refractivity contribution in [1.29, 1.82) is 0 Å². The van der Waals surface area contributed by atoms with E-state index in [1.54, 1.807) is 11.3 Å². The van der Waals surface area contributed by atoms with Gasteiger partial charge in [0.25, 0.3) is 0 Å². The van der Waals surface area contributed by atoms with Gasteiger partial charge in [-0.05, 0) is 43.4 Å². The molecule has 1 aliphatic rings. The Bertz CT molecular complexity index is 562. The highest BCUT2D eigenvalue weighted by Crippen LogP contribution is 2.38. The maximum absolute atomic E-state index is 10.7. The number of rotatable bonds is 2. The van der Waals surface area contributed by atoms with Gasteiger partial charge in [-0.25, -0.2) is 0 Å². The molecule has 3 heteroatoms. The minimum atomic E-state index is -1.01. The summed E-state index contributed by atoms with van der Waals surface area (Å²) in [6, 6.07) is 10.2. The Labute approximate surface area is 111 Å². The van der Waals surface area contributed by atoms with Gasteiger partial charge in [0.05, 0.1) is 6.61 Å². The van der Waals surface area contributed by atoms with Crippen LogP contribution in [0.1, 0.15) is 24.6 Å². The second-order valence-electron chi connectivity index (χ2n) is 4.78. The van der Waals surface area contributed by atoms with Crippen LogP contribution in [0.15, 0.2) is 42.2 Å². The lowest BCUT2D eigenvalue weighted by Gasteiger charge is -2.27. The molecular formula is C15H16O2S. The number of ether oxygens (including phenoxy) is 1. The van der Waals surface area contributed by atoms with Gasteiger partial charge >= 0.3 is 0 Å². The topological polar surface area (TPSA) is 29.5 Å². The molecule has 1 aliphatic heterocycles. The van der Waals surface area contributed by atoms with Crippen LogP contribution in [0.3, 0.4) is 0 Å². The fourth-order valence-corrected chi connectivity index (χ4v) is 3.35. The maximum Gasteiger partial charge on any atom is 0.152 e. The highest BCUT2D eigenvalue weighted by molar-refractivity contribution is 7.19. The second kappa shape index (κ2) is 4.41. The molecule has 2 heterocycles. The zero-order valence-corrected chi connectivity index (χ0v) is 11.2. The van der Waals surface area contributed by atoms with E-state index < -0.39 is 5.60 Å². The first-order valence-corrected chi connectivity index (χ1v) is 7.04. The Morgan fingerprint density at radius 2 is 2.17 bits per heavy atom. The maximum atomic E-state index is 10.7. The van der Waals surface area contributed by atoms with Gasteiger partial charge < -0.3 is 9.84 Å². The fraction of sp³-hybridized carbons (Fsp3) is 0.333. The molecule has 0 spiro atoms. The van der Waals surface area contributed by atoms with E-state index in [1.807, 2.05) is 25.1 Å². The monoisotopic (exact) mass is 260 g/mol. The van der Waals surface area contributed by atoms with Gasteiger partial charge in [0, 0.05) is 9.58 Å². The summed E-state index contributed by atoms with van der Waals surface area (Å²) >= 11 is 1.63. The molecule has 0 bridgehead atoms. The van der Waals surface area contributed by atoms with Gasteiger partial charge in [-0.15, -0.1) is 11.3 Å². The molecular weight excluding hydrogens is 244 g/mol. The normalized spacial score (nSPS) is 19.1. The van der Waals surface area contributed by atoms with Crippen molar-refractivity contribution in [2.24, 2.45) is 0 Å². The summed E-state index contributed by atoms with van der Waals surface area (Å²) in [5.74, 6) is 0.695. The molecule has 0 saturated carbocycles. The summed E-state index contributed by atoms with van der Waals surface area (Å²) in [5, 5.41) is 11.9. The van der Waals surface area contributed by atoms with Crippen LogP contribution in [0.25, 0.3) is 10.1 Å². The van der Waals surface area contributed by atoms with E-state index in [-0.39, 0.29) is 0 Å². The Morgan fingerprint density at radius 3 is 2.89 bits per heavy atom. The molecule has 1 atom stereocenters. The zero-order chi connectivity index (χ0) is 12.6. The summed E-state index contributed by atoms with van der Waals surface area (Å²) in [7, 11) is 0. The number of hydrogen-bond acceptors (Lipinski definition) is 3. The summed E-state index contributed by atoms with van der Waals surface area (Å²) in [5.41, 5.74) is -1.01. The predicted octanol–water partition coefficient (Wildman–Crippen LogP) is 3.80. The predicted molar refractivity (Wildman–Crippen MR) is 74.7 cm³/mol. The number of benzene rings is 1. The van der Waals surface area contributed by atoms with Crippen molar-refractivity contribution in [3.05, 3.63) is 47.0 Å². The van der Waals surface area contributed by atoms with Crippen molar-refractivity contribution in [3.8, 4) is 0 Å². The van der Waals surface area contributed by atoms with Gasteiger partial charge in [0.1, 0.15) is 5.76 Å². The van der Waals surface area contributed by atoms with E-state index in [9.17, 15) is 5.11 Å². The number of hydrogen-bond donors (Lipinski definition) is 1. The average molecular weight is 260 g/mol. The lowest BCUT2D eigenvalue weighted by Crippen LogP contribution is -2.26. The highest BCUT2D eigenvalue weighted by atomic mass is 32.1. The fourth-order valence-electron chi connectivity index (χ4n) is 2.24. The first-order valence-electron chi connectivity index (χ1n) is 6.23. The quantitative estimate of drug-likeness (QED) is 0.890. The average Bonchev–Trinajstić information content (AvgIpc) is 2.84. The molecule has 0 radical (unpaired) electrons. The molecule has 0 amide bonds. The second-order valence-corrected chi connectivity index (χ2v) is 5.86. The molecule has 1 N–H and O–H groups in total. The highest BCUT2D eigenvalue weighted by Gasteiger charge is 2.32. The molecule has 2 aromatic rings. The van der Waals surface area contributed by atoms with Crippen LogP contribution >= 0.6 is 11.3 Å². The number of aliphatic hydroxyl groups is 1. The van der Waals surface area contributed by atoms with Gasteiger partial charge in [0.15, 0.2) is 5.60 Å². The first-order chi connectivity index (χ1) is 8.68. The SMILES string of the molecule is CC(O)(C1=CCCCO1)c1cc2ccccc2s1. The minimum absolute atomic E-state index is 0.695. The van der Waals surface area contributed by atoms with Crippen molar-refractivity contribution < 1.29 is 9.84 Å². The Balaban J connectivity index is 2.04. The van der Waals surface area contributed by atoms with Crippen molar-refractivity contribution in [3.63, 3.8) is 0 Å². The van der Waals surface area contributed by atoms with Gasteiger partial charge in [-0.1, -0.05) is 18.2 Å². The third kappa shape index (κ3) is 1.93. The summed E-state index contributed by atoms with van der Waals surface area (Å²) in [6.07, 6.45) is 4.02. The van der Waals surface area contributed by atoms with Crippen LogP contribution in [0, 0.1) is 0 Å². The molecule has 18 heavy (non-hydrogen) atoms. The van der Waals surface area contributed by atoms with E-state index in [0.29, 0.717) is 12.4 Å². The van der Waals surface area contributed by atoms with Gasteiger partial charge in [0.2, 0.25) is 0 Å². The van der Waals surface area contributed by atoms with Crippen LogP contribution in [0.2, 0.25) is 0 Å². The van der Waals surface area contributed by atoms with E-state index in [2.05, 4.69) is 18.2 Å². The van der Waals surface area contributed by atoms with E-state index >= 15 is 0 Å². The minimum Gasteiger partial charge on any atom is -0.495 e. The molecule has 2 nitrogen and oxygen atoms in total. The molecule has 1 aromatic carbocycles. The Morgan fingerprint density at radius 1 is 1.33 bits per heavy atom. The molecule has 0 fully saturated rings. The third-order valence-electron chi connectivity index (χ3n) is 3.32. The van der Waals surface area contributed by atoms with Crippen molar-refractivity contribution in [1.82, 2.24) is 0 Å². The van der Waals surface area contributed by atoms with Gasteiger partial charge in [-0.3, -0.25) is 0 Å². The molecule has 1 unspecified atom stereocenters. The Hall–Kier alpha value is -1.32. The smallest absolute Gasteiger partial charge is 0.152 e. The van der Waals surface area contributed by atoms with Crippen molar-refractivity contribution in [2.75, 3.05) is 6.61 Å². The zero-order valence-electron chi connectivity index (χ0n) is 10.3. The lowest BCUT2D eigenvalue weighted by atomic mass is 9.99. The summed E-state index contributed by atoms with van der Waals surface area (Å²) < 4.78 is 6.81. The molecule has 0 aliphatic carbocycles. The van der Waals surface area contributed by atoms with Crippen molar-refractivity contribution in [2.45, 2.75) is 25.4 Å². The van der Waals surface area contributed by atoms with Crippen molar-refractivity contribution >= 4 is 21.4 Å². The van der Waals surface area contributed by atoms with E-state index in [4.69, 9.17) is 4.74 Å². The third-order valence-corrected chi connectivity index (χ3v) is 4.65. The van der Waals surface area contributed by atoms with E-state index in [0.717, 1.165) is 17.7 Å². The number of allylic oxidation sites excluding steroid dienone is 1.